The van der Waals surface area contributed by atoms with Crippen LogP contribution in [0.1, 0.15) is 18.1 Å². The Labute approximate surface area is 150 Å². The second-order valence-electron chi connectivity index (χ2n) is 5.14. The third-order valence-electron chi connectivity index (χ3n) is 3.10. The van der Waals surface area contributed by atoms with E-state index in [9.17, 15) is 39.7 Å². The van der Waals surface area contributed by atoms with Gasteiger partial charge in [0.1, 0.15) is 17.2 Å². The molecule has 0 bridgehead atoms. The monoisotopic (exact) mass is 419 g/mol. The maximum Gasteiger partial charge on any atom is 0.476 e. The van der Waals surface area contributed by atoms with Crippen molar-refractivity contribution in [3.05, 3.63) is 39.7 Å². The molecule has 0 aliphatic heterocycles. The summed E-state index contributed by atoms with van der Waals surface area (Å²) in [4.78, 5) is 13.2. The van der Waals surface area contributed by atoms with Crippen LogP contribution in [0.4, 0.5) is 36.4 Å². The lowest BCUT2D eigenvalue weighted by molar-refractivity contribution is -0.137. The highest BCUT2D eigenvalue weighted by Crippen LogP contribution is 2.35. The minimum absolute atomic E-state index is 0.0979. The van der Waals surface area contributed by atoms with Gasteiger partial charge in [0.2, 0.25) is 0 Å². The third kappa shape index (κ3) is 5.28. The van der Waals surface area contributed by atoms with Crippen molar-refractivity contribution in [1.82, 2.24) is 0 Å². The molecule has 1 aromatic rings. The molecule has 1 amide bonds. The molecule has 0 fully saturated rings. The number of nitrogens with zero attached hydrogens (tertiary/aromatic N) is 1. The van der Waals surface area contributed by atoms with Crippen molar-refractivity contribution >= 4 is 28.1 Å². The minimum Gasteiger partial charge on any atom is -0.393 e. The Morgan fingerprint density at radius 1 is 1.11 bits per heavy atom. The fourth-order valence-corrected chi connectivity index (χ4v) is 2.76. The molecule has 5 nitrogen and oxygen atoms in total. The quantitative estimate of drug-likeness (QED) is 0.446. The van der Waals surface area contributed by atoms with E-state index in [0.717, 1.165) is 13.8 Å². The summed E-state index contributed by atoms with van der Waals surface area (Å²) >= 11 is 0. The number of halogens is 7. The molecular formula is C14H12F7N3O2S. The molecule has 0 aromatic heterocycles. The zero-order valence-corrected chi connectivity index (χ0v) is 14.4. The topological polar surface area (TPSA) is 98.5 Å². The molecule has 0 saturated carbocycles. The van der Waals surface area contributed by atoms with E-state index >= 15 is 0 Å². The molecule has 0 aliphatic carbocycles. The lowest BCUT2D eigenvalue weighted by Crippen LogP contribution is -2.30. The molecule has 0 radical (unpaired) electrons. The van der Waals surface area contributed by atoms with Gasteiger partial charge in [-0.1, -0.05) is 0 Å². The van der Waals surface area contributed by atoms with Gasteiger partial charge in [-0.2, -0.15) is 26.3 Å². The van der Waals surface area contributed by atoms with E-state index < -0.39 is 61.8 Å². The summed E-state index contributed by atoms with van der Waals surface area (Å²) in [5, 5.41) is 0. The Hall–Kier alpha value is -2.44. The van der Waals surface area contributed by atoms with Gasteiger partial charge in [0.25, 0.3) is 5.91 Å². The van der Waals surface area contributed by atoms with Crippen LogP contribution in [0.25, 0.3) is 0 Å². The first-order chi connectivity index (χ1) is 12.1. The second kappa shape index (κ2) is 7.66. The molecular weight excluding hydrogens is 407 g/mol. The largest absolute Gasteiger partial charge is 0.476 e. The number of carbonyl (C=O) groups excluding carboxylic acids is 1. The van der Waals surface area contributed by atoms with Gasteiger partial charge in [0, 0.05) is 0 Å². The lowest BCUT2D eigenvalue weighted by atomic mass is 10.1. The number of alkyl halides is 6. The summed E-state index contributed by atoms with van der Waals surface area (Å²) in [5.41, 5.74) is 0.145. The number of carbonyl (C=O) groups is 1. The van der Waals surface area contributed by atoms with Crippen LogP contribution >= 0.6 is 0 Å². The standard InChI is InChI=1S/C14H12F7N3O2S/c1-5-3-7(13(16,17)18)4-8(15)10(5)24-6(2)11(9(22)12(23)25)27(26)14(19,20)21/h3-4H,22H2,1-2H3,(H2,23,25). The van der Waals surface area contributed by atoms with Crippen LogP contribution in [0, 0.1) is 12.7 Å². The molecule has 0 aliphatic rings. The second-order valence-corrected chi connectivity index (χ2v) is 6.55. The van der Waals surface area contributed by atoms with Crippen LogP contribution in [-0.4, -0.2) is 21.3 Å². The number of aryl methyl sites for hydroxylation is 1. The smallest absolute Gasteiger partial charge is 0.393 e. The Morgan fingerprint density at radius 2 is 1.63 bits per heavy atom. The molecule has 4 N–H and O–H groups in total. The Morgan fingerprint density at radius 3 is 2.00 bits per heavy atom. The van der Waals surface area contributed by atoms with Gasteiger partial charge in [0.15, 0.2) is 10.8 Å². The van der Waals surface area contributed by atoms with Gasteiger partial charge in [-0.3, -0.25) is 4.79 Å². The Bertz CT molecular complexity index is 834. The van der Waals surface area contributed by atoms with E-state index in [0.29, 0.717) is 6.07 Å². The highest BCUT2D eigenvalue weighted by Gasteiger charge is 2.42. The molecule has 0 heterocycles. The summed E-state index contributed by atoms with van der Waals surface area (Å²) < 4.78 is 102. The van der Waals surface area contributed by atoms with E-state index in [-0.39, 0.29) is 11.6 Å². The van der Waals surface area contributed by atoms with Crippen molar-refractivity contribution < 1.29 is 39.7 Å². The third-order valence-corrected chi connectivity index (χ3v) is 4.40. The number of hydrogen-bond acceptors (Lipinski definition) is 4. The van der Waals surface area contributed by atoms with Gasteiger partial charge in [0.05, 0.1) is 16.2 Å². The van der Waals surface area contributed by atoms with Gasteiger partial charge in [-0.05, 0) is 31.5 Å². The highest BCUT2D eigenvalue weighted by atomic mass is 32.2. The normalized spacial score (nSPS) is 15.4. The van der Waals surface area contributed by atoms with Crippen LogP contribution in [0.2, 0.25) is 0 Å². The lowest BCUT2D eigenvalue weighted by Gasteiger charge is -2.14. The first-order valence-electron chi connectivity index (χ1n) is 6.78. The SMILES string of the molecule is CC(=Nc1c(C)cc(C(F)(F)F)cc1F)C(=C(N)C(N)=O)S(=O)C(F)(F)F. The van der Waals surface area contributed by atoms with Crippen LogP contribution in [0.5, 0.6) is 0 Å². The predicted molar refractivity (Wildman–Crippen MR) is 83.5 cm³/mol. The Kier molecular flexibility index (Phi) is 6.41. The number of amides is 1. The number of allylic oxidation sites excluding steroid dienone is 1. The zero-order chi connectivity index (χ0) is 21.3. The van der Waals surface area contributed by atoms with E-state index in [1.54, 1.807) is 0 Å². The molecule has 150 valence electrons. The summed E-state index contributed by atoms with van der Waals surface area (Å²) in [6, 6.07) is 0.622. The summed E-state index contributed by atoms with van der Waals surface area (Å²) in [6.07, 6.45) is -4.86. The maximum absolute atomic E-state index is 14.0. The molecule has 0 spiro atoms. The summed E-state index contributed by atoms with van der Waals surface area (Å²) in [7, 11) is -3.84. The van der Waals surface area contributed by atoms with Gasteiger partial charge < -0.3 is 11.5 Å². The fraction of sp³-hybridized carbons (Fsp3) is 0.286. The van der Waals surface area contributed by atoms with E-state index in [4.69, 9.17) is 11.5 Å². The number of benzene rings is 1. The number of primary amides is 1. The van der Waals surface area contributed by atoms with E-state index in [2.05, 4.69) is 4.99 Å². The molecule has 1 atom stereocenters. The molecule has 1 rings (SSSR count). The van der Waals surface area contributed by atoms with Crippen LogP contribution in [0.3, 0.4) is 0 Å². The molecule has 1 unspecified atom stereocenters. The zero-order valence-electron chi connectivity index (χ0n) is 13.6. The average Bonchev–Trinajstić information content (AvgIpc) is 2.48. The summed E-state index contributed by atoms with van der Waals surface area (Å²) in [6.45, 7) is 1.86. The van der Waals surface area contributed by atoms with Gasteiger partial charge >= 0.3 is 11.7 Å². The van der Waals surface area contributed by atoms with Crippen molar-refractivity contribution in [1.29, 1.82) is 0 Å². The van der Waals surface area contributed by atoms with Crippen molar-refractivity contribution in [3.63, 3.8) is 0 Å². The summed E-state index contributed by atoms with van der Waals surface area (Å²) in [5.74, 6) is -3.03. The molecule has 1 aromatic carbocycles. The Balaban J connectivity index is 3.63. The van der Waals surface area contributed by atoms with Crippen LogP contribution in [0.15, 0.2) is 27.7 Å². The highest BCUT2D eigenvalue weighted by molar-refractivity contribution is 7.91. The van der Waals surface area contributed by atoms with Gasteiger partial charge in [-0.15, -0.1) is 0 Å². The van der Waals surface area contributed by atoms with Crippen molar-refractivity contribution in [3.8, 4) is 0 Å². The van der Waals surface area contributed by atoms with Crippen molar-refractivity contribution in [2.75, 3.05) is 0 Å². The van der Waals surface area contributed by atoms with Crippen LogP contribution in [-0.2, 0) is 21.8 Å². The fourth-order valence-electron chi connectivity index (χ4n) is 1.92. The van der Waals surface area contributed by atoms with Crippen LogP contribution < -0.4 is 11.5 Å². The number of nitrogens with two attached hydrogens (primary N) is 2. The van der Waals surface area contributed by atoms with E-state index in [1.165, 1.54) is 0 Å². The van der Waals surface area contributed by atoms with Crippen molar-refractivity contribution in [2.45, 2.75) is 25.5 Å². The number of rotatable bonds is 4. The first kappa shape index (κ1) is 22.6. The molecule has 13 heteroatoms. The predicted octanol–water partition coefficient (Wildman–Crippen LogP) is 3.17. The first-order valence-corrected chi connectivity index (χ1v) is 7.93. The van der Waals surface area contributed by atoms with E-state index in [1.807, 2.05) is 0 Å². The minimum atomic E-state index is -5.35. The molecule has 27 heavy (non-hydrogen) atoms. The average molecular weight is 419 g/mol. The number of aliphatic imine (C=N–C) groups is 1. The van der Waals surface area contributed by atoms with Gasteiger partial charge in [-0.25, -0.2) is 13.6 Å². The number of hydrogen-bond donors (Lipinski definition) is 2. The maximum atomic E-state index is 14.0. The molecule has 0 saturated heterocycles. The van der Waals surface area contributed by atoms with Crippen molar-refractivity contribution in [2.24, 2.45) is 16.5 Å².